The first-order chi connectivity index (χ1) is 10.7. The molecule has 0 bridgehead atoms. The third kappa shape index (κ3) is 3.09. The topological polar surface area (TPSA) is 51.4 Å². The number of fused-ring (bicyclic) bond motifs is 1. The Hall–Kier alpha value is -2.40. The number of para-hydroxylation sites is 1. The van der Waals surface area contributed by atoms with Gasteiger partial charge in [-0.1, -0.05) is 18.2 Å². The second kappa shape index (κ2) is 6.15. The lowest BCUT2D eigenvalue weighted by Crippen LogP contribution is -2.18. The molecule has 0 unspecified atom stereocenters. The molecule has 5 nitrogen and oxygen atoms in total. The number of furan rings is 1. The lowest BCUT2D eigenvalue weighted by Gasteiger charge is -2.17. The van der Waals surface area contributed by atoms with E-state index in [0.717, 1.165) is 28.2 Å². The zero-order valence-corrected chi connectivity index (χ0v) is 13.0. The molecule has 0 saturated heterocycles. The summed E-state index contributed by atoms with van der Waals surface area (Å²) in [6.07, 6.45) is 0. The maximum Gasteiger partial charge on any atom is 0.156 e. The number of methoxy groups -OCH3 is 1. The van der Waals surface area contributed by atoms with Crippen molar-refractivity contribution in [1.82, 2.24) is 9.97 Å². The summed E-state index contributed by atoms with van der Waals surface area (Å²) in [5.74, 6) is 2.46. The van der Waals surface area contributed by atoms with Crippen LogP contribution in [0.2, 0.25) is 0 Å². The molecule has 3 rings (SSSR count). The molecular weight excluding hydrogens is 278 g/mol. The third-order valence-corrected chi connectivity index (χ3v) is 3.42. The lowest BCUT2D eigenvalue weighted by atomic mass is 10.2. The Kier molecular flexibility index (Phi) is 4.06. The molecule has 22 heavy (non-hydrogen) atoms. The standard InChI is InChI=1S/C17H19N3O2/c1-12-8-17(19-16(18-12)11-21-3)20(2)10-14-9-13-6-4-5-7-15(13)22-14/h4-9H,10-11H2,1-3H3. The molecule has 0 spiro atoms. The summed E-state index contributed by atoms with van der Waals surface area (Å²) in [5, 5.41) is 1.12. The number of benzene rings is 1. The average Bonchev–Trinajstić information content (AvgIpc) is 2.89. The smallest absolute Gasteiger partial charge is 0.156 e. The summed E-state index contributed by atoms with van der Waals surface area (Å²) in [7, 11) is 3.63. The fourth-order valence-electron chi connectivity index (χ4n) is 2.43. The van der Waals surface area contributed by atoms with E-state index >= 15 is 0 Å². The van der Waals surface area contributed by atoms with Crippen LogP contribution in [0.1, 0.15) is 17.3 Å². The molecular formula is C17H19N3O2. The van der Waals surface area contributed by atoms with E-state index in [4.69, 9.17) is 9.15 Å². The van der Waals surface area contributed by atoms with E-state index < -0.39 is 0 Å². The van der Waals surface area contributed by atoms with Gasteiger partial charge in [-0.25, -0.2) is 9.97 Å². The van der Waals surface area contributed by atoms with Crippen molar-refractivity contribution in [2.45, 2.75) is 20.1 Å². The summed E-state index contributed by atoms with van der Waals surface area (Å²) in [6, 6.07) is 12.0. The Bertz CT molecular complexity index is 749. The highest BCUT2D eigenvalue weighted by Gasteiger charge is 2.10. The first-order valence-corrected chi connectivity index (χ1v) is 7.18. The third-order valence-electron chi connectivity index (χ3n) is 3.42. The zero-order valence-electron chi connectivity index (χ0n) is 13.0. The SMILES string of the molecule is COCc1nc(C)cc(N(C)Cc2cc3ccccc3o2)n1. The minimum Gasteiger partial charge on any atom is -0.459 e. The van der Waals surface area contributed by atoms with Gasteiger partial charge in [0.15, 0.2) is 5.82 Å². The summed E-state index contributed by atoms with van der Waals surface area (Å²) in [4.78, 5) is 10.9. The van der Waals surface area contributed by atoms with Gasteiger partial charge >= 0.3 is 0 Å². The number of ether oxygens (including phenoxy) is 1. The van der Waals surface area contributed by atoms with Crippen molar-refractivity contribution in [1.29, 1.82) is 0 Å². The quantitative estimate of drug-likeness (QED) is 0.723. The number of rotatable bonds is 5. The van der Waals surface area contributed by atoms with Crippen LogP contribution < -0.4 is 4.90 Å². The summed E-state index contributed by atoms with van der Waals surface area (Å²) >= 11 is 0. The molecule has 0 saturated carbocycles. The van der Waals surface area contributed by atoms with Crippen LogP contribution in [0, 0.1) is 6.92 Å². The molecule has 2 heterocycles. The number of hydrogen-bond acceptors (Lipinski definition) is 5. The number of anilines is 1. The molecule has 0 aliphatic heterocycles. The van der Waals surface area contributed by atoms with Gasteiger partial charge in [-0.3, -0.25) is 0 Å². The highest BCUT2D eigenvalue weighted by molar-refractivity contribution is 5.77. The lowest BCUT2D eigenvalue weighted by molar-refractivity contribution is 0.177. The van der Waals surface area contributed by atoms with Gasteiger partial charge in [-0.15, -0.1) is 0 Å². The van der Waals surface area contributed by atoms with Gasteiger partial charge in [0.05, 0.1) is 6.54 Å². The maximum absolute atomic E-state index is 5.86. The number of nitrogens with zero attached hydrogens (tertiary/aromatic N) is 3. The molecule has 2 aromatic heterocycles. The zero-order chi connectivity index (χ0) is 15.5. The van der Waals surface area contributed by atoms with Gasteiger partial charge in [-0.05, 0) is 19.1 Å². The monoisotopic (exact) mass is 297 g/mol. The Morgan fingerprint density at radius 3 is 2.77 bits per heavy atom. The molecule has 0 aliphatic rings. The molecule has 0 amide bonds. The second-order valence-corrected chi connectivity index (χ2v) is 5.32. The predicted octanol–water partition coefficient (Wildman–Crippen LogP) is 3.31. The van der Waals surface area contributed by atoms with E-state index in [1.165, 1.54) is 0 Å². The van der Waals surface area contributed by atoms with Crippen LogP contribution in [-0.4, -0.2) is 24.1 Å². The highest BCUT2D eigenvalue weighted by atomic mass is 16.5. The van der Waals surface area contributed by atoms with Crippen molar-refractivity contribution in [3.8, 4) is 0 Å². The Labute approximate surface area is 129 Å². The van der Waals surface area contributed by atoms with E-state index in [-0.39, 0.29) is 0 Å². The van der Waals surface area contributed by atoms with Gasteiger partial charge in [0.25, 0.3) is 0 Å². The van der Waals surface area contributed by atoms with E-state index in [1.54, 1.807) is 7.11 Å². The normalized spacial score (nSPS) is 11.0. The first-order valence-electron chi connectivity index (χ1n) is 7.18. The van der Waals surface area contributed by atoms with Gasteiger partial charge < -0.3 is 14.1 Å². The predicted molar refractivity (Wildman–Crippen MR) is 85.8 cm³/mol. The number of hydrogen-bond donors (Lipinski definition) is 0. The largest absolute Gasteiger partial charge is 0.459 e. The van der Waals surface area contributed by atoms with Crippen LogP contribution in [0.4, 0.5) is 5.82 Å². The minimum atomic E-state index is 0.410. The first kappa shape index (κ1) is 14.5. The van der Waals surface area contributed by atoms with Crippen LogP contribution in [0.25, 0.3) is 11.0 Å². The fraction of sp³-hybridized carbons (Fsp3) is 0.294. The second-order valence-electron chi connectivity index (χ2n) is 5.32. The van der Waals surface area contributed by atoms with Gasteiger partial charge in [-0.2, -0.15) is 0 Å². The Balaban J connectivity index is 1.82. The van der Waals surface area contributed by atoms with Crippen molar-refractivity contribution in [3.63, 3.8) is 0 Å². The van der Waals surface area contributed by atoms with Crippen molar-refractivity contribution in [2.75, 3.05) is 19.1 Å². The molecule has 0 radical (unpaired) electrons. The van der Waals surface area contributed by atoms with E-state index in [0.29, 0.717) is 19.0 Å². The highest BCUT2D eigenvalue weighted by Crippen LogP contribution is 2.21. The maximum atomic E-state index is 5.86. The molecule has 114 valence electrons. The molecule has 3 aromatic rings. The van der Waals surface area contributed by atoms with Crippen molar-refractivity contribution >= 4 is 16.8 Å². The van der Waals surface area contributed by atoms with Crippen molar-refractivity contribution < 1.29 is 9.15 Å². The van der Waals surface area contributed by atoms with Crippen molar-refractivity contribution in [2.24, 2.45) is 0 Å². The van der Waals surface area contributed by atoms with Crippen LogP contribution in [-0.2, 0) is 17.9 Å². The molecule has 1 aromatic carbocycles. The summed E-state index contributed by atoms with van der Waals surface area (Å²) < 4.78 is 11.0. The number of aromatic nitrogens is 2. The van der Waals surface area contributed by atoms with Crippen LogP contribution in [0.3, 0.4) is 0 Å². The van der Waals surface area contributed by atoms with Gasteiger partial charge in [0.2, 0.25) is 0 Å². The average molecular weight is 297 g/mol. The van der Waals surface area contributed by atoms with Crippen molar-refractivity contribution in [3.05, 3.63) is 53.7 Å². The Morgan fingerprint density at radius 2 is 2.00 bits per heavy atom. The van der Waals surface area contributed by atoms with Crippen LogP contribution in [0.5, 0.6) is 0 Å². The van der Waals surface area contributed by atoms with Crippen LogP contribution in [0.15, 0.2) is 40.8 Å². The summed E-state index contributed by atoms with van der Waals surface area (Å²) in [5.41, 5.74) is 1.83. The molecule has 5 heteroatoms. The molecule has 0 atom stereocenters. The molecule has 0 fully saturated rings. The van der Waals surface area contributed by atoms with E-state index in [2.05, 4.69) is 16.0 Å². The summed E-state index contributed by atoms with van der Waals surface area (Å²) in [6.45, 7) is 3.02. The van der Waals surface area contributed by atoms with E-state index in [1.807, 2.05) is 49.2 Å². The molecule has 0 aliphatic carbocycles. The minimum absolute atomic E-state index is 0.410. The van der Waals surface area contributed by atoms with E-state index in [9.17, 15) is 0 Å². The van der Waals surface area contributed by atoms with Gasteiger partial charge in [0, 0.05) is 31.3 Å². The van der Waals surface area contributed by atoms with Gasteiger partial charge in [0.1, 0.15) is 23.8 Å². The number of aryl methyl sites for hydroxylation is 1. The Morgan fingerprint density at radius 1 is 1.18 bits per heavy atom. The fourth-order valence-corrected chi connectivity index (χ4v) is 2.43. The molecule has 0 N–H and O–H groups in total. The van der Waals surface area contributed by atoms with Crippen LogP contribution >= 0.6 is 0 Å².